The summed E-state index contributed by atoms with van der Waals surface area (Å²) in [7, 11) is 4.28. The second kappa shape index (κ2) is 5.78. The summed E-state index contributed by atoms with van der Waals surface area (Å²) in [6, 6.07) is 4.15. The third-order valence-electron chi connectivity index (χ3n) is 4.24. The minimum absolute atomic E-state index is 0.200. The molecule has 2 N–H and O–H groups in total. The van der Waals surface area contributed by atoms with Crippen molar-refractivity contribution in [1.29, 1.82) is 0 Å². The first-order valence-electron chi connectivity index (χ1n) is 6.65. The van der Waals surface area contributed by atoms with E-state index >= 15 is 0 Å². The summed E-state index contributed by atoms with van der Waals surface area (Å²) in [6.45, 7) is 3.98. The molecule has 100 valence electrons. The van der Waals surface area contributed by atoms with E-state index in [-0.39, 0.29) is 5.54 Å². The summed E-state index contributed by atoms with van der Waals surface area (Å²) < 4.78 is 0. The van der Waals surface area contributed by atoms with Crippen LogP contribution >= 0.6 is 0 Å². The van der Waals surface area contributed by atoms with Crippen molar-refractivity contribution >= 4 is 0 Å². The van der Waals surface area contributed by atoms with Gasteiger partial charge in [-0.15, -0.1) is 0 Å². The molecule has 18 heavy (non-hydrogen) atoms. The zero-order chi connectivity index (χ0) is 13.0. The van der Waals surface area contributed by atoms with Gasteiger partial charge >= 0.3 is 0 Å². The molecule has 0 saturated carbocycles. The third-order valence-corrected chi connectivity index (χ3v) is 4.24. The van der Waals surface area contributed by atoms with Gasteiger partial charge < -0.3 is 10.6 Å². The van der Waals surface area contributed by atoms with Gasteiger partial charge in [-0.2, -0.15) is 0 Å². The van der Waals surface area contributed by atoms with Crippen molar-refractivity contribution in [3.8, 4) is 0 Å². The minimum Gasteiger partial charge on any atom is -0.329 e. The first-order chi connectivity index (χ1) is 8.66. The molecule has 0 aromatic carbocycles. The van der Waals surface area contributed by atoms with Crippen LogP contribution in [0.4, 0.5) is 0 Å². The molecule has 0 atom stereocenters. The molecule has 1 fully saturated rings. The number of likely N-dealkylation sites (N-methyl/N-ethyl adjacent to an activating group) is 1. The Bertz CT molecular complexity index is 355. The van der Waals surface area contributed by atoms with Gasteiger partial charge in [0.1, 0.15) is 0 Å². The minimum atomic E-state index is 0.200. The number of hydrogen-bond donors (Lipinski definition) is 1. The number of pyridine rings is 1. The number of nitrogens with zero attached hydrogens (tertiary/aromatic N) is 3. The largest absolute Gasteiger partial charge is 0.329 e. The SMILES string of the molecule is CN(C)C1(CN)CCN(Cc2cccnc2)CC1. The van der Waals surface area contributed by atoms with E-state index in [9.17, 15) is 0 Å². The van der Waals surface area contributed by atoms with Crippen molar-refractivity contribution in [3.63, 3.8) is 0 Å². The Morgan fingerprint density at radius 2 is 2.11 bits per heavy atom. The first-order valence-corrected chi connectivity index (χ1v) is 6.65. The number of piperidine rings is 1. The molecular weight excluding hydrogens is 224 g/mol. The average Bonchev–Trinajstić information content (AvgIpc) is 2.41. The highest BCUT2D eigenvalue weighted by Crippen LogP contribution is 2.26. The third kappa shape index (κ3) is 2.88. The molecule has 2 rings (SSSR count). The van der Waals surface area contributed by atoms with Crippen molar-refractivity contribution in [2.24, 2.45) is 5.73 Å². The van der Waals surface area contributed by atoms with Crippen LogP contribution in [-0.4, -0.2) is 54.1 Å². The molecule has 1 aliphatic heterocycles. The predicted molar refractivity (Wildman–Crippen MR) is 74.2 cm³/mol. The van der Waals surface area contributed by atoms with E-state index in [0.29, 0.717) is 0 Å². The van der Waals surface area contributed by atoms with Crippen LogP contribution in [0.5, 0.6) is 0 Å². The lowest BCUT2D eigenvalue weighted by molar-refractivity contribution is 0.0597. The Hall–Kier alpha value is -0.970. The van der Waals surface area contributed by atoms with Crippen LogP contribution in [0.25, 0.3) is 0 Å². The van der Waals surface area contributed by atoms with E-state index in [4.69, 9.17) is 5.73 Å². The Morgan fingerprint density at radius 3 is 2.61 bits per heavy atom. The highest BCUT2D eigenvalue weighted by Gasteiger charge is 2.35. The number of likely N-dealkylation sites (tertiary alicyclic amines) is 1. The van der Waals surface area contributed by atoms with Gasteiger partial charge in [0.05, 0.1) is 0 Å². The van der Waals surface area contributed by atoms with Gasteiger partial charge in [-0.05, 0) is 38.6 Å². The van der Waals surface area contributed by atoms with Gasteiger partial charge in [0.25, 0.3) is 0 Å². The maximum Gasteiger partial charge on any atom is 0.0349 e. The van der Waals surface area contributed by atoms with Crippen molar-refractivity contribution in [2.75, 3.05) is 33.7 Å². The summed E-state index contributed by atoms with van der Waals surface area (Å²) >= 11 is 0. The van der Waals surface area contributed by atoms with E-state index in [1.54, 1.807) is 0 Å². The number of rotatable bonds is 4. The molecule has 0 spiro atoms. The van der Waals surface area contributed by atoms with E-state index < -0.39 is 0 Å². The zero-order valence-corrected chi connectivity index (χ0v) is 11.5. The molecule has 1 aromatic rings. The number of hydrogen-bond acceptors (Lipinski definition) is 4. The standard InChI is InChI=1S/C14H24N4/c1-17(2)14(12-15)5-8-18(9-6-14)11-13-4-3-7-16-10-13/h3-4,7,10H,5-6,8-9,11-12,15H2,1-2H3. The maximum atomic E-state index is 5.97. The average molecular weight is 248 g/mol. The number of aromatic nitrogens is 1. The summed E-state index contributed by atoms with van der Waals surface area (Å²) in [5, 5.41) is 0. The summed E-state index contributed by atoms with van der Waals surface area (Å²) in [6.07, 6.45) is 6.08. The first kappa shape index (κ1) is 13.5. The highest BCUT2D eigenvalue weighted by atomic mass is 15.2. The second-order valence-electron chi connectivity index (χ2n) is 5.46. The Morgan fingerprint density at radius 1 is 1.39 bits per heavy atom. The van der Waals surface area contributed by atoms with E-state index in [1.165, 1.54) is 5.56 Å². The lowest BCUT2D eigenvalue weighted by Gasteiger charge is -2.45. The van der Waals surface area contributed by atoms with Crippen molar-refractivity contribution < 1.29 is 0 Å². The monoisotopic (exact) mass is 248 g/mol. The second-order valence-corrected chi connectivity index (χ2v) is 5.46. The zero-order valence-electron chi connectivity index (χ0n) is 11.5. The van der Waals surface area contributed by atoms with Crippen LogP contribution < -0.4 is 5.73 Å². The van der Waals surface area contributed by atoms with Crippen LogP contribution in [0.1, 0.15) is 18.4 Å². The molecule has 1 aromatic heterocycles. The Labute approximate surface area is 110 Å². The van der Waals surface area contributed by atoms with Crippen LogP contribution in [0.2, 0.25) is 0 Å². The lowest BCUT2D eigenvalue weighted by atomic mass is 9.86. The fraction of sp³-hybridized carbons (Fsp3) is 0.643. The van der Waals surface area contributed by atoms with Gasteiger partial charge in [0.2, 0.25) is 0 Å². The van der Waals surface area contributed by atoms with Crippen LogP contribution in [0.3, 0.4) is 0 Å². The van der Waals surface area contributed by atoms with E-state index in [1.807, 2.05) is 18.5 Å². The Balaban J connectivity index is 1.91. The lowest BCUT2D eigenvalue weighted by Crippen LogP contribution is -2.56. The van der Waals surface area contributed by atoms with Crippen molar-refractivity contribution in [3.05, 3.63) is 30.1 Å². The molecule has 4 nitrogen and oxygen atoms in total. The molecule has 0 bridgehead atoms. The van der Waals surface area contributed by atoms with Crippen LogP contribution in [0, 0.1) is 0 Å². The van der Waals surface area contributed by atoms with Gasteiger partial charge in [0.15, 0.2) is 0 Å². The smallest absolute Gasteiger partial charge is 0.0349 e. The normalized spacial score (nSPS) is 20.2. The topological polar surface area (TPSA) is 45.4 Å². The van der Waals surface area contributed by atoms with Crippen molar-refractivity contribution in [1.82, 2.24) is 14.8 Å². The summed E-state index contributed by atoms with van der Waals surface area (Å²) in [5.41, 5.74) is 7.46. The molecular formula is C14H24N4. The number of nitrogens with two attached hydrogens (primary N) is 1. The molecule has 1 aliphatic rings. The quantitative estimate of drug-likeness (QED) is 0.861. The van der Waals surface area contributed by atoms with Crippen LogP contribution in [-0.2, 0) is 6.54 Å². The van der Waals surface area contributed by atoms with E-state index in [0.717, 1.165) is 39.0 Å². The fourth-order valence-electron chi connectivity index (χ4n) is 2.71. The molecule has 2 heterocycles. The van der Waals surface area contributed by atoms with Gasteiger partial charge in [-0.3, -0.25) is 9.88 Å². The fourth-order valence-corrected chi connectivity index (χ4v) is 2.71. The predicted octanol–water partition coefficient (Wildman–Crippen LogP) is 0.937. The van der Waals surface area contributed by atoms with Crippen LogP contribution in [0.15, 0.2) is 24.5 Å². The molecule has 0 aliphatic carbocycles. The van der Waals surface area contributed by atoms with Crippen molar-refractivity contribution in [2.45, 2.75) is 24.9 Å². The van der Waals surface area contributed by atoms with Gasteiger partial charge in [0, 0.05) is 44.1 Å². The van der Waals surface area contributed by atoms with E-state index in [2.05, 4.69) is 34.9 Å². The van der Waals surface area contributed by atoms with Gasteiger partial charge in [-0.1, -0.05) is 6.07 Å². The molecule has 1 saturated heterocycles. The molecule has 0 amide bonds. The summed E-state index contributed by atoms with van der Waals surface area (Å²) in [5.74, 6) is 0. The molecule has 0 unspecified atom stereocenters. The molecule has 4 heteroatoms. The summed E-state index contributed by atoms with van der Waals surface area (Å²) in [4.78, 5) is 8.96. The maximum absolute atomic E-state index is 5.97. The van der Waals surface area contributed by atoms with Gasteiger partial charge in [-0.25, -0.2) is 0 Å². The Kier molecular flexibility index (Phi) is 4.32. The highest BCUT2D eigenvalue weighted by molar-refractivity contribution is 5.08. The molecule has 0 radical (unpaired) electrons.